The summed E-state index contributed by atoms with van der Waals surface area (Å²) >= 11 is 0. The van der Waals surface area contributed by atoms with Crippen molar-refractivity contribution in [2.75, 3.05) is 37.6 Å². The molecule has 0 N–H and O–H groups in total. The summed E-state index contributed by atoms with van der Waals surface area (Å²) in [5.41, 5.74) is 6.76. The molecule has 0 spiro atoms. The number of piperazine rings is 1. The molecule has 2 fully saturated rings. The molecule has 3 nitrogen and oxygen atoms in total. The number of benzene rings is 2. The Kier molecular flexibility index (Phi) is 6.87. The molecule has 33 heavy (non-hydrogen) atoms. The summed E-state index contributed by atoms with van der Waals surface area (Å²) in [6.45, 7) is 17.7. The fourth-order valence-electron chi connectivity index (χ4n) is 6.71. The largest absolute Gasteiger partial charge is 0.369 e. The molecular weight excluding hydrogens is 402 g/mol. The lowest BCUT2D eigenvalue weighted by Crippen LogP contribution is -2.47. The molecule has 1 aliphatic heterocycles. The van der Waals surface area contributed by atoms with Gasteiger partial charge in [-0.1, -0.05) is 58.9 Å². The van der Waals surface area contributed by atoms with Crippen LogP contribution < -0.4 is 4.90 Å². The lowest BCUT2D eigenvalue weighted by atomic mass is 9.60. The van der Waals surface area contributed by atoms with E-state index in [1.807, 2.05) is 18.2 Å². The minimum Gasteiger partial charge on any atom is -0.369 e. The SMILES string of the molecule is CCCN1CCN(c2cc(-c3cccc(C#N)c3)ccc2C2CC(C)(C)CC(C)(C)C2)CC1. The second-order valence-electron chi connectivity index (χ2n) is 11.9. The number of nitrogens with zero attached hydrogens (tertiary/aromatic N) is 3. The number of anilines is 1. The van der Waals surface area contributed by atoms with Crippen molar-refractivity contribution in [3.05, 3.63) is 53.6 Å². The minimum absolute atomic E-state index is 0.364. The Bertz CT molecular complexity index is 989. The first kappa shape index (κ1) is 23.8. The predicted molar refractivity (Wildman–Crippen MR) is 140 cm³/mol. The summed E-state index contributed by atoms with van der Waals surface area (Å²) in [7, 11) is 0. The molecule has 1 heterocycles. The molecule has 3 heteroatoms. The molecule has 0 amide bonds. The Morgan fingerprint density at radius 2 is 1.58 bits per heavy atom. The van der Waals surface area contributed by atoms with Crippen molar-refractivity contribution in [2.24, 2.45) is 10.8 Å². The molecule has 176 valence electrons. The zero-order valence-electron chi connectivity index (χ0n) is 21.3. The quantitative estimate of drug-likeness (QED) is 0.495. The third-order valence-corrected chi connectivity index (χ3v) is 7.60. The molecule has 1 aliphatic carbocycles. The Morgan fingerprint density at radius 3 is 2.21 bits per heavy atom. The standard InChI is InChI=1S/C30H41N3/c1-6-12-32-13-15-33(16-14-32)28-18-25(24-9-7-8-23(17-24)21-31)10-11-27(28)26-19-29(2,3)22-30(4,5)20-26/h7-11,17-18,26H,6,12-16,19-20,22H2,1-5H3. The smallest absolute Gasteiger partial charge is 0.0991 e. The highest BCUT2D eigenvalue weighted by Gasteiger charge is 2.40. The van der Waals surface area contributed by atoms with Crippen molar-refractivity contribution in [2.45, 2.75) is 66.2 Å². The average molecular weight is 444 g/mol. The van der Waals surface area contributed by atoms with Gasteiger partial charge in [0.1, 0.15) is 0 Å². The van der Waals surface area contributed by atoms with Gasteiger partial charge in [0.25, 0.3) is 0 Å². The van der Waals surface area contributed by atoms with E-state index in [0.717, 1.165) is 37.3 Å². The first-order valence-corrected chi connectivity index (χ1v) is 12.8. The van der Waals surface area contributed by atoms with Crippen molar-refractivity contribution < 1.29 is 0 Å². The van der Waals surface area contributed by atoms with Crippen molar-refractivity contribution in [1.82, 2.24) is 4.90 Å². The molecule has 1 saturated heterocycles. The Hall–Kier alpha value is -2.31. The van der Waals surface area contributed by atoms with Crippen LogP contribution in [-0.4, -0.2) is 37.6 Å². The zero-order valence-corrected chi connectivity index (χ0v) is 21.3. The van der Waals surface area contributed by atoms with E-state index in [0.29, 0.717) is 16.7 Å². The predicted octanol–water partition coefficient (Wildman–Crippen LogP) is 7.08. The van der Waals surface area contributed by atoms with Crippen LogP contribution in [0.2, 0.25) is 0 Å². The third kappa shape index (κ3) is 5.61. The molecule has 2 aliphatic rings. The van der Waals surface area contributed by atoms with E-state index in [4.69, 9.17) is 0 Å². The summed E-state index contributed by atoms with van der Waals surface area (Å²) in [5.74, 6) is 0.590. The molecule has 0 radical (unpaired) electrons. The molecule has 0 unspecified atom stereocenters. The maximum atomic E-state index is 9.39. The molecule has 4 rings (SSSR count). The highest BCUT2D eigenvalue weighted by molar-refractivity contribution is 5.72. The van der Waals surface area contributed by atoms with Gasteiger partial charge < -0.3 is 4.90 Å². The van der Waals surface area contributed by atoms with Gasteiger partial charge >= 0.3 is 0 Å². The van der Waals surface area contributed by atoms with Crippen LogP contribution in [0.15, 0.2) is 42.5 Å². The Labute approximate surface area is 201 Å². The highest BCUT2D eigenvalue weighted by Crippen LogP contribution is 2.53. The number of hydrogen-bond donors (Lipinski definition) is 0. The summed E-state index contributed by atoms with van der Waals surface area (Å²) in [4.78, 5) is 5.23. The van der Waals surface area contributed by atoms with Crippen LogP contribution in [0.25, 0.3) is 11.1 Å². The van der Waals surface area contributed by atoms with E-state index in [9.17, 15) is 5.26 Å². The van der Waals surface area contributed by atoms with Gasteiger partial charge in [-0.2, -0.15) is 5.26 Å². The van der Waals surface area contributed by atoms with E-state index >= 15 is 0 Å². The molecule has 1 saturated carbocycles. The van der Waals surface area contributed by atoms with E-state index in [2.05, 4.69) is 74.8 Å². The lowest BCUT2D eigenvalue weighted by molar-refractivity contribution is 0.0970. The van der Waals surface area contributed by atoms with Crippen LogP contribution >= 0.6 is 0 Å². The third-order valence-electron chi connectivity index (χ3n) is 7.60. The van der Waals surface area contributed by atoms with Crippen LogP contribution in [-0.2, 0) is 0 Å². The van der Waals surface area contributed by atoms with Gasteiger partial charge in [0.2, 0.25) is 0 Å². The molecule has 0 atom stereocenters. The first-order chi connectivity index (χ1) is 15.7. The van der Waals surface area contributed by atoms with E-state index in [1.54, 1.807) is 0 Å². The van der Waals surface area contributed by atoms with Gasteiger partial charge in [0, 0.05) is 31.9 Å². The van der Waals surface area contributed by atoms with E-state index in [-0.39, 0.29) is 0 Å². The second-order valence-corrected chi connectivity index (χ2v) is 11.9. The van der Waals surface area contributed by atoms with Gasteiger partial charge in [-0.25, -0.2) is 0 Å². The normalized spacial score (nSPS) is 21.0. The zero-order chi connectivity index (χ0) is 23.6. The van der Waals surface area contributed by atoms with Gasteiger partial charge in [-0.15, -0.1) is 0 Å². The van der Waals surface area contributed by atoms with Crippen LogP contribution in [0.1, 0.15) is 77.3 Å². The Balaban J connectivity index is 1.72. The van der Waals surface area contributed by atoms with Crippen molar-refractivity contribution >= 4 is 5.69 Å². The topological polar surface area (TPSA) is 30.3 Å². The van der Waals surface area contributed by atoms with Crippen LogP contribution in [0.3, 0.4) is 0 Å². The second kappa shape index (κ2) is 9.51. The van der Waals surface area contributed by atoms with Gasteiger partial charge in [-0.05, 0) is 83.9 Å². The molecule has 0 bridgehead atoms. The number of rotatable bonds is 5. The number of nitriles is 1. The fourth-order valence-corrected chi connectivity index (χ4v) is 6.71. The summed E-state index contributed by atoms with van der Waals surface area (Å²) in [6, 6.07) is 17.4. The summed E-state index contributed by atoms with van der Waals surface area (Å²) in [6.07, 6.45) is 5.02. The molecule has 2 aromatic rings. The van der Waals surface area contributed by atoms with Crippen LogP contribution in [0.4, 0.5) is 5.69 Å². The fraction of sp³-hybridized carbons (Fsp3) is 0.567. The Morgan fingerprint density at radius 1 is 0.909 bits per heavy atom. The van der Waals surface area contributed by atoms with Crippen molar-refractivity contribution in [1.29, 1.82) is 5.26 Å². The monoisotopic (exact) mass is 443 g/mol. The minimum atomic E-state index is 0.364. The van der Waals surface area contributed by atoms with Crippen LogP contribution in [0, 0.1) is 22.2 Å². The van der Waals surface area contributed by atoms with Crippen LogP contribution in [0.5, 0.6) is 0 Å². The first-order valence-electron chi connectivity index (χ1n) is 12.8. The maximum absolute atomic E-state index is 9.39. The summed E-state index contributed by atoms with van der Waals surface area (Å²) in [5, 5.41) is 9.39. The molecule has 0 aromatic heterocycles. The number of hydrogen-bond acceptors (Lipinski definition) is 3. The highest BCUT2D eigenvalue weighted by atomic mass is 15.3. The van der Waals surface area contributed by atoms with Gasteiger partial charge in [-0.3, -0.25) is 4.90 Å². The summed E-state index contributed by atoms with van der Waals surface area (Å²) < 4.78 is 0. The van der Waals surface area contributed by atoms with Gasteiger partial charge in [0.05, 0.1) is 11.6 Å². The maximum Gasteiger partial charge on any atom is 0.0991 e. The van der Waals surface area contributed by atoms with Gasteiger partial charge in [0.15, 0.2) is 0 Å². The van der Waals surface area contributed by atoms with Crippen molar-refractivity contribution in [3.63, 3.8) is 0 Å². The molecule has 2 aromatic carbocycles. The average Bonchev–Trinajstić information content (AvgIpc) is 2.77. The molecular formula is C30H41N3. The van der Waals surface area contributed by atoms with E-state index in [1.165, 1.54) is 49.0 Å². The van der Waals surface area contributed by atoms with E-state index < -0.39 is 0 Å². The lowest BCUT2D eigenvalue weighted by Gasteiger charge is -2.46. The van der Waals surface area contributed by atoms with Crippen molar-refractivity contribution in [3.8, 4) is 17.2 Å².